The van der Waals surface area contributed by atoms with Crippen LogP contribution in [0.2, 0.25) is 0 Å². The molecule has 0 bridgehead atoms. The fourth-order valence-electron chi connectivity index (χ4n) is 3.33. The number of piperidine rings is 1. The number of hydrogen-bond donors (Lipinski definition) is 2. The van der Waals surface area contributed by atoms with Gasteiger partial charge in [-0.1, -0.05) is 6.07 Å². The van der Waals surface area contributed by atoms with Gasteiger partial charge in [0.25, 0.3) is 0 Å². The van der Waals surface area contributed by atoms with Crippen LogP contribution in [0.4, 0.5) is 0 Å². The standard InChI is InChI=1S/C21H36N4O2/c1-6-22-21(24-18-10-12-25(13-11-18)16(3)4)23-15-17-8-9-19(27-7-2)20(14-17)26-5/h8-9,14,16,18H,6-7,10-13,15H2,1-5H3,(H2,22,23,24). The molecule has 2 rings (SSSR count). The number of rotatable bonds is 8. The molecule has 2 N–H and O–H groups in total. The zero-order valence-corrected chi connectivity index (χ0v) is 17.5. The predicted octanol–water partition coefficient (Wildman–Crippen LogP) is 3.02. The average Bonchev–Trinajstić information content (AvgIpc) is 2.67. The number of likely N-dealkylation sites (tertiary alicyclic amines) is 1. The minimum atomic E-state index is 0.479. The summed E-state index contributed by atoms with van der Waals surface area (Å²) < 4.78 is 11.0. The Bertz CT molecular complexity index is 596. The van der Waals surface area contributed by atoms with Gasteiger partial charge >= 0.3 is 0 Å². The van der Waals surface area contributed by atoms with Crippen molar-refractivity contribution in [3.05, 3.63) is 23.8 Å². The number of guanidine groups is 1. The maximum Gasteiger partial charge on any atom is 0.191 e. The van der Waals surface area contributed by atoms with Crippen molar-refractivity contribution in [2.75, 3.05) is 33.4 Å². The normalized spacial score (nSPS) is 16.4. The van der Waals surface area contributed by atoms with Gasteiger partial charge in [0.05, 0.1) is 20.3 Å². The molecule has 0 unspecified atom stereocenters. The van der Waals surface area contributed by atoms with E-state index in [9.17, 15) is 0 Å². The molecule has 1 aliphatic heterocycles. The molecule has 152 valence electrons. The molecule has 1 aromatic carbocycles. The summed E-state index contributed by atoms with van der Waals surface area (Å²) in [6, 6.07) is 7.10. The second-order valence-electron chi connectivity index (χ2n) is 7.16. The molecule has 6 nitrogen and oxygen atoms in total. The highest BCUT2D eigenvalue weighted by atomic mass is 16.5. The van der Waals surface area contributed by atoms with Crippen LogP contribution in [0.25, 0.3) is 0 Å². The molecule has 1 heterocycles. The van der Waals surface area contributed by atoms with E-state index in [2.05, 4.69) is 36.3 Å². The molecule has 0 radical (unpaired) electrons. The Hall–Kier alpha value is -1.95. The lowest BCUT2D eigenvalue weighted by Crippen LogP contribution is -2.49. The molecular weight excluding hydrogens is 340 g/mol. The third-order valence-electron chi connectivity index (χ3n) is 4.89. The van der Waals surface area contributed by atoms with Crippen molar-refractivity contribution < 1.29 is 9.47 Å². The summed E-state index contributed by atoms with van der Waals surface area (Å²) in [4.78, 5) is 7.30. The molecule has 1 aliphatic rings. The summed E-state index contributed by atoms with van der Waals surface area (Å²) >= 11 is 0. The Labute approximate surface area is 164 Å². The number of aliphatic imine (C=N–C) groups is 1. The highest BCUT2D eigenvalue weighted by molar-refractivity contribution is 5.80. The van der Waals surface area contributed by atoms with Crippen LogP contribution in [0.3, 0.4) is 0 Å². The molecule has 27 heavy (non-hydrogen) atoms. The maximum atomic E-state index is 5.58. The van der Waals surface area contributed by atoms with Crippen molar-refractivity contribution in [3.8, 4) is 11.5 Å². The van der Waals surface area contributed by atoms with Gasteiger partial charge < -0.3 is 25.0 Å². The number of methoxy groups -OCH3 is 1. The second-order valence-corrected chi connectivity index (χ2v) is 7.16. The lowest BCUT2D eigenvalue weighted by Gasteiger charge is -2.35. The number of nitrogens with zero attached hydrogens (tertiary/aromatic N) is 2. The first-order valence-electron chi connectivity index (χ1n) is 10.2. The molecule has 0 aliphatic carbocycles. The monoisotopic (exact) mass is 376 g/mol. The van der Waals surface area contributed by atoms with Crippen LogP contribution in [0.15, 0.2) is 23.2 Å². The summed E-state index contributed by atoms with van der Waals surface area (Å²) in [6.07, 6.45) is 2.30. The van der Waals surface area contributed by atoms with Crippen LogP contribution in [0.1, 0.15) is 46.1 Å². The van der Waals surface area contributed by atoms with Crippen molar-refractivity contribution in [2.45, 2.75) is 59.2 Å². The van der Waals surface area contributed by atoms with Gasteiger partial charge in [-0.05, 0) is 58.2 Å². The van der Waals surface area contributed by atoms with E-state index in [1.165, 1.54) is 0 Å². The number of nitrogens with one attached hydrogen (secondary N) is 2. The molecule has 1 aromatic rings. The quantitative estimate of drug-likeness (QED) is 0.539. The fraction of sp³-hybridized carbons (Fsp3) is 0.667. The highest BCUT2D eigenvalue weighted by Gasteiger charge is 2.21. The molecule has 6 heteroatoms. The largest absolute Gasteiger partial charge is 0.493 e. The van der Waals surface area contributed by atoms with Crippen LogP contribution in [0, 0.1) is 0 Å². The molecule has 0 saturated carbocycles. The first kappa shape index (κ1) is 21.4. The van der Waals surface area contributed by atoms with E-state index in [1.807, 2.05) is 25.1 Å². The van der Waals surface area contributed by atoms with Gasteiger partial charge in [-0.3, -0.25) is 0 Å². The van der Waals surface area contributed by atoms with E-state index in [-0.39, 0.29) is 0 Å². The predicted molar refractivity (Wildman–Crippen MR) is 112 cm³/mol. The molecule has 0 amide bonds. The topological polar surface area (TPSA) is 58.1 Å². The minimum absolute atomic E-state index is 0.479. The number of benzene rings is 1. The van der Waals surface area contributed by atoms with Crippen LogP contribution in [-0.4, -0.2) is 56.3 Å². The molecule has 0 aromatic heterocycles. The molecule has 1 fully saturated rings. The summed E-state index contributed by atoms with van der Waals surface area (Å²) in [7, 11) is 1.67. The zero-order chi connectivity index (χ0) is 19.6. The third-order valence-corrected chi connectivity index (χ3v) is 4.89. The lowest BCUT2D eigenvalue weighted by molar-refractivity contribution is 0.167. The van der Waals surface area contributed by atoms with Gasteiger partial charge in [-0.15, -0.1) is 0 Å². The van der Waals surface area contributed by atoms with Gasteiger partial charge in [-0.2, -0.15) is 0 Å². The maximum absolute atomic E-state index is 5.58. The fourth-order valence-corrected chi connectivity index (χ4v) is 3.33. The Kier molecular flexibility index (Phi) is 8.72. The number of ether oxygens (including phenoxy) is 2. The van der Waals surface area contributed by atoms with Crippen LogP contribution in [-0.2, 0) is 6.54 Å². The van der Waals surface area contributed by atoms with Crippen LogP contribution >= 0.6 is 0 Å². The van der Waals surface area contributed by atoms with Crippen molar-refractivity contribution in [2.24, 2.45) is 4.99 Å². The van der Waals surface area contributed by atoms with E-state index >= 15 is 0 Å². The second kappa shape index (κ2) is 11.0. The summed E-state index contributed by atoms with van der Waals surface area (Å²) in [5.41, 5.74) is 1.10. The van der Waals surface area contributed by atoms with Gasteiger partial charge in [-0.25, -0.2) is 4.99 Å². The summed E-state index contributed by atoms with van der Waals surface area (Å²) in [5.74, 6) is 2.41. The molecular formula is C21H36N4O2. The van der Waals surface area contributed by atoms with Crippen molar-refractivity contribution in [1.29, 1.82) is 0 Å². The first-order valence-corrected chi connectivity index (χ1v) is 10.2. The zero-order valence-electron chi connectivity index (χ0n) is 17.5. The van der Waals surface area contributed by atoms with E-state index in [1.54, 1.807) is 7.11 Å². The van der Waals surface area contributed by atoms with Crippen molar-refractivity contribution >= 4 is 5.96 Å². The smallest absolute Gasteiger partial charge is 0.191 e. The van der Waals surface area contributed by atoms with E-state index < -0.39 is 0 Å². The summed E-state index contributed by atoms with van der Waals surface area (Å²) in [6.45, 7) is 13.0. The van der Waals surface area contributed by atoms with Gasteiger partial charge in [0.1, 0.15) is 0 Å². The van der Waals surface area contributed by atoms with Crippen LogP contribution < -0.4 is 20.1 Å². The van der Waals surface area contributed by atoms with E-state index in [0.29, 0.717) is 25.2 Å². The average molecular weight is 377 g/mol. The van der Waals surface area contributed by atoms with Gasteiger partial charge in [0, 0.05) is 31.7 Å². The van der Waals surface area contributed by atoms with Gasteiger partial charge in [0.15, 0.2) is 17.5 Å². The van der Waals surface area contributed by atoms with Crippen LogP contribution in [0.5, 0.6) is 11.5 Å². The van der Waals surface area contributed by atoms with Gasteiger partial charge in [0.2, 0.25) is 0 Å². The van der Waals surface area contributed by atoms with E-state index in [0.717, 1.165) is 55.5 Å². The number of hydrogen-bond acceptors (Lipinski definition) is 4. The Morgan fingerprint density at radius 1 is 1.22 bits per heavy atom. The Balaban J connectivity index is 1.97. The SMILES string of the molecule is CCNC(=NCc1ccc(OCC)c(OC)c1)NC1CCN(C(C)C)CC1. The van der Waals surface area contributed by atoms with Crippen molar-refractivity contribution in [3.63, 3.8) is 0 Å². The Morgan fingerprint density at radius 2 is 1.96 bits per heavy atom. The minimum Gasteiger partial charge on any atom is -0.493 e. The molecule has 1 saturated heterocycles. The molecule has 0 spiro atoms. The Morgan fingerprint density at radius 3 is 2.56 bits per heavy atom. The third kappa shape index (κ3) is 6.61. The van der Waals surface area contributed by atoms with Crippen molar-refractivity contribution in [1.82, 2.24) is 15.5 Å². The first-order chi connectivity index (χ1) is 13.1. The van der Waals surface area contributed by atoms with E-state index in [4.69, 9.17) is 14.5 Å². The highest BCUT2D eigenvalue weighted by Crippen LogP contribution is 2.28. The molecule has 0 atom stereocenters. The summed E-state index contributed by atoms with van der Waals surface area (Å²) in [5, 5.41) is 6.97. The lowest BCUT2D eigenvalue weighted by atomic mass is 10.0.